The minimum atomic E-state index is -0.796. The maximum absolute atomic E-state index is 12.7. The van der Waals surface area contributed by atoms with Crippen molar-refractivity contribution in [2.75, 3.05) is 13.2 Å². The van der Waals surface area contributed by atoms with E-state index in [0.717, 1.165) is 116 Å². The Kier molecular flexibility index (Phi) is 46.5. The fourth-order valence-electron chi connectivity index (χ4n) is 6.56. The summed E-state index contributed by atoms with van der Waals surface area (Å²) < 4.78 is 16.7. The lowest BCUT2D eigenvalue weighted by Gasteiger charge is -2.18. The number of hydrogen-bond donors (Lipinski definition) is 0. The highest BCUT2D eigenvalue weighted by molar-refractivity contribution is 5.71. The Bertz CT molecular complexity index is 1200. The Balaban J connectivity index is 4.43. The van der Waals surface area contributed by atoms with Crippen molar-refractivity contribution >= 4 is 17.9 Å². The first kappa shape index (κ1) is 57.6. The van der Waals surface area contributed by atoms with Gasteiger partial charge in [-0.25, -0.2) is 0 Å². The van der Waals surface area contributed by atoms with E-state index >= 15 is 0 Å². The highest BCUT2D eigenvalue weighted by atomic mass is 16.6. The predicted octanol–water partition coefficient (Wildman–Crippen LogP) is 16.4. The normalized spacial score (nSPS) is 12.8. The van der Waals surface area contributed by atoms with E-state index in [1.807, 2.05) is 0 Å². The number of carbonyl (C=O) groups is 3. The zero-order valence-corrected chi connectivity index (χ0v) is 39.7. The number of rotatable bonds is 44. The number of unbranched alkanes of at least 4 members (excludes halogenated alkanes) is 19. The molecule has 0 heterocycles. The van der Waals surface area contributed by atoms with Crippen LogP contribution in [0.2, 0.25) is 0 Å². The van der Waals surface area contributed by atoms with Gasteiger partial charge in [0.15, 0.2) is 6.10 Å². The molecule has 0 aliphatic rings. The summed E-state index contributed by atoms with van der Waals surface area (Å²) in [6.07, 6.45) is 62.8. The van der Waals surface area contributed by atoms with Crippen LogP contribution in [0.15, 0.2) is 85.1 Å². The van der Waals surface area contributed by atoms with Gasteiger partial charge in [-0.3, -0.25) is 14.4 Å². The Labute approximate surface area is 375 Å². The van der Waals surface area contributed by atoms with Crippen molar-refractivity contribution in [1.29, 1.82) is 0 Å². The zero-order valence-electron chi connectivity index (χ0n) is 39.7. The maximum Gasteiger partial charge on any atom is 0.306 e. The van der Waals surface area contributed by atoms with Crippen LogP contribution in [0.25, 0.3) is 0 Å². The molecule has 0 aromatic rings. The molecule has 0 amide bonds. The Hall–Kier alpha value is -3.41. The molecule has 0 N–H and O–H groups in total. The summed E-state index contributed by atoms with van der Waals surface area (Å²) in [5.41, 5.74) is 0. The van der Waals surface area contributed by atoms with Gasteiger partial charge in [0, 0.05) is 19.3 Å². The molecule has 1 atom stereocenters. The van der Waals surface area contributed by atoms with Crippen LogP contribution in [0.5, 0.6) is 0 Å². The topological polar surface area (TPSA) is 78.9 Å². The molecule has 0 radical (unpaired) electrons. The van der Waals surface area contributed by atoms with Crippen LogP contribution in [-0.2, 0) is 28.6 Å². The maximum atomic E-state index is 12.7. The van der Waals surface area contributed by atoms with Crippen molar-refractivity contribution < 1.29 is 28.6 Å². The number of carbonyl (C=O) groups excluding carboxylic acids is 3. The van der Waals surface area contributed by atoms with E-state index in [2.05, 4.69) is 106 Å². The van der Waals surface area contributed by atoms with E-state index in [0.29, 0.717) is 19.3 Å². The summed E-state index contributed by atoms with van der Waals surface area (Å²) in [5, 5.41) is 0. The number of hydrogen-bond acceptors (Lipinski definition) is 6. The summed E-state index contributed by atoms with van der Waals surface area (Å²) in [5.74, 6) is -0.951. The SMILES string of the molecule is CC/C=C\C/C=C\C/C=C\C/C=C\C/C=C\CCCCCC(=O)OC[C@H](COC(=O)CCCCCCC/C=C\CCCCCC)OC(=O)CCCCCCC/C=C\CCCC. The van der Waals surface area contributed by atoms with Gasteiger partial charge in [0.2, 0.25) is 0 Å². The third-order valence-corrected chi connectivity index (χ3v) is 10.4. The third kappa shape index (κ3) is 47.5. The molecule has 0 aliphatic heterocycles. The van der Waals surface area contributed by atoms with Gasteiger partial charge in [-0.15, -0.1) is 0 Å². The lowest BCUT2D eigenvalue weighted by molar-refractivity contribution is -0.167. The van der Waals surface area contributed by atoms with E-state index in [1.54, 1.807) is 0 Å². The van der Waals surface area contributed by atoms with Gasteiger partial charge >= 0.3 is 17.9 Å². The fraction of sp³-hybridized carbons (Fsp3) is 0.691. The van der Waals surface area contributed by atoms with Gasteiger partial charge in [-0.05, 0) is 109 Å². The molecule has 6 heteroatoms. The van der Waals surface area contributed by atoms with E-state index in [9.17, 15) is 14.4 Å². The molecule has 0 unspecified atom stereocenters. The van der Waals surface area contributed by atoms with Gasteiger partial charge in [0.25, 0.3) is 0 Å². The van der Waals surface area contributed by atoms with Gasteiger partial charge in [0.1, 0.15) is 13.2 Å². The molecule has 0 saturated carbocycles. The van der Waals surface area contributed by atoms with Crippen LogP contribution in [0.3, 0.4) is 0 Å². The van der Waals surface area contributed by atoms with Crippen molar-refractivity contribution in [3.8, 4) is 0 Å². The number of esters is 3. The number of allylic oxidation sites excluding steroid dienone is 14. The monoisotopic (exact) mass is 849 g/mol. The third-order valence-electron chi connectivity index (χ3n) is 10.4. The molecule has 0 saturated heterocycles. The summed E-state index contributed by atoms with van der Waals surface area (Å²) in [6, 6.07) is 0. The first-order chi connectivity index (χ1) is 30.0. The summed E-state index contributed by atoms with van der Waals surface area (Å²) in [7, 11) is 0. The molecule has 0 rings (SSSR count). The van der Waals surface area contributed by atoms with Crippen LogP contribution < -0.4 is 0 Å². The highest BCUT2D eigenvalue weighted by Crippen LogP contribution is 2.13. The highest BCUT2D eigenvalue weighted by Gasteiger charge is 2.19. The standard InChI is InChI=1S/C55H92O6/c1-4-7-10-13-16-19-22-24-25-26-27-28-29-31-34-36-39-42-45-48-54(57)60-51-52(61-55(58)49-46-43-40-37-32-21-18-15-12-9-6-3)50-59-53(56)47-44-41-38-35-33-30-23-20-17-14-11-8-5-2/h7,10,15-16,18-20,23-25,27-28,31,34,52H,4-6,8-9,11-14,17,21-22,26,29-30,32-33,35-51H2,1-3H3/b10-7-,18-15-,19-16-,23-20-,25-24-,28-27-,34-31-/t52-/m0/s1. The summed E-state index contributed by atoms with van der Waals surface area (Å²) in [4.78, 5) is 37.9. The molecule has 0 aromatic carbocycles. The second-order valence-electron chi connectivity index (χ2n) is 16.3. The molecular weight excluding hydrogens is 757 g/mol. The van der Waals surface area contributed by atoms with E-state index in [4.69, 9.17) is 14.2 Å². The first-order valence-electron chi connectivity index (χ1n) is 25.1. The van der Waals surface area contributed by atoms with Crippen molar-refractivity contribution in [2.45, 2.75) is 232 Å². The summed E-state index contributed by atoms with van der Waals surface area (Å²) in [6.45, 7) is 6.41. The minimum Gasteiger partial charge on any atom is -0.462 e. The van der Waals surface area contributed by atoms with Gasteiger partial charge < -0.3 is 14.2 Å². The second kappa shape index (κ2) is 49.2. The zero-order chi connectivity index (χ0) is 44.4. The van der Waals surface area contributed by atoms with E-state index in [1.165, 1.54) is 70.6 Å². The van der Waals surface area contributed by atoms with Crippen LogP contribution >= 0.6 is 0 Å². The Morgan fingerprint density at radius 1 is 0.344 bits per heavy atom. The van der Waals surface area contributed by atoms with Crippen LogP contribution in [0.4, 0.5) is 0 Å². The Morgan fingerprint density at radius 3 is 1.08 bits per heavy atom. The Morgan fingerprint density at radius 2 is 0.656 bits per heavy atom. The molecule has 0 spiro atoms. The molecule has 6 nitrogen and oxygen atoms in total. The second-order valence-corrected chi connectivity index (χ2v) is 16.3. The lowest BCUT2D eigenvalue weighted by Crippen LogP contribution is -2.30. The van der Waals surface area contributed by atoms with Gasteiger partial charge in [0.05, 0.1) is 0 Å². The molecule has 0 fully saturated rings. The average Bonchev–Trinajstić information content (AvgIpc) is 3.26. The summed E-state index contributed by atoms with van der Waals surface area (Å²) >= 11 is 0. The van der Waals surface area contributed by atoms with Crippen molar-refractivity contribution in [1.82, 2.24) is 0 Å². The quantitative estimate of drug-likeness (QED) is 0.0263. The lowest BCUT2D eigenvalue weighted by atomic mass is 10.1. The molecule has 0 bridgehead atoms. The van der Waals surface area contributed by atoms with Crippen LogP contribution in [0.1, 0.15) is 226 Å². The van der Waals surface area contributed by atoms with E-state index in [-0.39, 0.29) is 31.1 Å². The van der Waals surface area contributed by atoms with Gasteiger partial charge in [-0.2, -0.15) is 0 Å². The molecule has 0 aromatic heterocycles. The minimum absolute atomic E-state index is 0.0956. The molecular formula is C55H92O6. The van der Waals surface area contributed by atoms with Crippen molar-refractivity contribution in [3.05, 3.63) is 85.1 Å². The van der Waals surface area contributed by atoms with E-state index < -0.39 is 6.10 Å². The molecule has 61 heavy (non-hydrogen) atoms. The van der Waals surface area contributed by atoms with Crippen molar-refractivity contribution in [3.63, 3.8) is 0 Å². The predicted molar refractivity (Wildman–Crippen MR) is 261 cm³/mol. The smallest absolute Gasteiger partial charge is 0.306 e. The molecule has 0 aliphatic carbocycles. The average molecular weight is 849 g/mol. The number of ether oxygens (including phenoxy) is 3. The van der Waals surface area contributed by atoms with Gasteiger partial charge in [-0.1, -0.05) is 183 Å². The molecule has 348 valence electrons. The fourth-order valence-corrected chi connectivity index (χ4v) is 6.56. The largest absolute Gasteiger partial charge is 0.462 e. The first-order valence-corrected chi connectivity index (χ1v) is 25.1. The van der Waals surface area contributed by atoms with Crippen molar-refractivity contribution in [2.24, 2.45) is 0 Å². The van der Waals surface area contributed by atoms with Crippen LogP contribution in [-0.4, -0.2) is 37.2 Å². The van der Waals surface area contributed by atoms with Crippen LogP contribution in [0, 0.1) is 0 Å².